The Kier molecular flexibility index (Phi) is 2.81. The van der Waals surface area contributed by atoms with Gasteiger partial charge >= 0.3 is 0 Å². The molecule has 0 radical (unpaired) electrons. The number of aliphatic hydroxyl groups excluding tert-OH is 1. The number of aryl methyl sites for hydroxylation is 1. The van der Waals surface area contributed by atoms with Crippen molar-refractivity contribution in [1.82, 2.24) is 9.97 Å². The van der Waals surface area contributed by atoms with Gasteiger partial charge in [0, 0.05) is 28.9 Å². The zero-order valence-corrected chi connectivity index (χ0v) is 10.7. The molecule has 3 rings (SSSR count). The van der Waals surface area contributed by atoms with E-state index >= 15 is 0 Å². The zero-order chi connectivity index (χ0) is 12.5. The van der Waals surface area contributed by atoms with E-state index in [-0.39, 0.29) is 0 Å². The van der Waals surface area contributed by atoms with E-state index in [2.05, 4.69) is 9.97 Å². The maximum Gasteiger partial charge on any atom is 0.131 e. The van der Waals surface area contributed by atoms with Crippen LogP contribution in [0.1, 0.15) is 22.4 Å². The molecular weight excluding hydrogens is 244 g/mol. The van der Waals surface area contributed by atoms with Crippen molar-refractivity contribution in [3.63, 3.8) is 0 Å². The summed E-state index contributed by atoms with van der Waals surface area (Å²) in [5.74, 6) is 0. The summed E-state index contributed by atoms with van der Waals surface area (Å²) in [7, 11) is 0. The maximum atomic E-state index is 10.4. The molecular formula is C14H12N2OS. The lowest BCUT2D eigenvalue weighted by molar-refractivity contribution is 0.221. The fourth-order valence-corrected chi connectivity index (χ4v) is 2.81. The minimum atomic E-state index is -0.671. The van der Waals surface area contributed by atoms with Gasteiger partial charge in [0.15, 0.2) is 0 Å². The third-order valence-electron chi connectivity index (χ3n) is 2.88. The van der Waals surface area contributed by atoms with Crippen LogP contribution in [0.25, 0.3) is 10.8 Å². The number of benzene rings is 1. The van der Waals surface area contributed by atoms with Gasteiger partial charge in [0.05, 0.1) is 0 Å². The molecule has 4 heteroatoms. The van der Waals surface area contributed by atoms with Crippen molar-refractivity contribution < 1.29 is 5.11 Å². The molecule has 1 atom stereocenters. The molecule has 2 aromatic heterocycles. The predicted octanol–water partition coefficient (Wildman–Crippen LogP) is 3.08. The van der Waals surface area contributed by atoms with Crippen LogP contribution in [0.5, 0.6) is 0 Å². The first-order chi connectivity index (χ1) is 8.75. The lowest BCUT2D eigenvalue weighted by Crippen LogP contribution is -2.00. The second kappa shape index (κ2) is 4.48. The molecule has 2 heterocycles. The van der Waals surface area contributed by atoms with E-state index < -0.39 is 6.10 Å². The SMILES string of the molecule is Cc1csc(C(O)c2cccc3cnccc23)n1. The standard InChI is InChI=1S/C14H12N2OS/c1-9-8-18-14(16-9)13(17)12-4-2-3-10-7-15-6-5-11(10)12/h2-8,13,17H,1H3. The summed E-state index contributed by atoms with van der Waals surface area (Å²) in [6.07, 6.45) is 2.87. The van der Waals surface area contributed by atoms with Crippen molar-refractivity contribution in [2.75, 3.05) is 0 Å². The fourth-order valence-electron chi connectivity index (χ4n) is 2.02. The van der Waals surface area contributed by atoms with Gasteiger partial charge in [-0.1, -0.05) is 18.2 Å². The molecule has 3 nitrogen and oxygen atoms in total. The molecule has 0 aliphatic carbocycles. The molecule has 0 spiro atoms. The Hall–Kier alpha value is -1.78. The minimum Gasteiger partial charge on any atom is -0.381 e. The molecule has 1 N–H and O–H groups in total. The van der Waals surface area contributed by atoms with Crippen molar-refractivity contribution in [2.24, 2.45) is 0 Å². The first kappa shape index (κ1) is 11.3. The number of aliphatic hydroxyl groups is 1. The van der Waals surface area contributed by atoms with Gasteiger partial charge in [-0.05, 0) is 23.9 Å². The van der Waals surface area contributed by atoms with E-state index in [9.17, 15) is 5.11 Å². The summed E-state index contributed by atoms with van der Waals surface area (Å²) < 4.78 is 0. The lowest BCUT2D eigenvalue weighted by atomic mass is 10.0. The Bertz CT molecular complexity index is 688. The third kappa shape index (κ3) is 1.89. The van der Waals surface area contributed by atoms with Gasteiger partial charge in [0.2, 0.25) is 0 Å². The van der Waals surface area contributed by atoms with Crippen molar-refractivity contribution in [1.29, 1.82) is 0 Å². The van der Waals surface area contributed by atoms with Crippen LogP contribution in [0.3, 0.4) is 0 Å². The predicted molar refractivity (Wildman–Crippen MR) is 72.7 cm³/mol. The van der Waals surface area contributed by atoms with Gasteiger partial charge in [0.1, 0.15) is 11.1 Å². The average molecular weight is 256 g/mol. The Morgan fingerprint density at radius 2 is 2.17 bits per heavy atom. The largest absolute Gasteiger partial charge is 0.381 e. The summed E-state index contributed by atoms with van der Waals surface area (Å²) in [6.45, 7) is 1.93. The second-order valence-electron chi connectivity index (χ2n) is 4.17. The molecule has 1 unspecified atom stereocenters. The Balaban J connectivity index is 2.14. The van der Waals surface area contributed by atoms with Crippen molar-refractivity contribution in [2.45, 2.75) is 13.0 Å². The summed E-state index contributed by atoms with van der Waals surface area (Å²) >= 11 is 1.48. The summed E-state index contributed by atoms with van der Waals surface area (Å²) in [6, 6.07) is 7.78. The van der Waals surface area contributed by atoms with Gasteiger partial charge < -0.3 is 5.11 Å². The van der Waals surface area contributed by atoms with Crippen LogP contribution in [0, 0.1) is 6.92 Å². The van der Waals surface area contributed by atoms with Crippen LogP contribution >= 0.6 is 11.3 Å². The van der Waals surface area contributed by atoms with E-state index in [0.29, 0.717) is 0 Å². The number of aromatic nitrogens is 2. The second-order valence-corrected chi connectivity index (χ2v) is 5.06. The molecule has 0 aliphatic heterocycles. The molecule has 3 aromatic rings. The normalized spacial score (nSPS) is 12.8. The molecule has 0 fully saturated rings. The first-order valence-corrected chi connectivity index (χ1v) is 6.56. The number of thiazole rings is 1. The smallest absolute Gasteiger partial charge is 0.131 e. The highest BCUT2D eigenvalue weighted by Gasteiger charge is 2.16. The van der Waals surface area contributed by atoms with Gasteiger partial charge in [0.25, 0.3) is 0 Å². The van der Waals surface area contributed by atoms with Crippen LogP contribution in [0.15, 0.2) is 42.0 Å². The zero-order valence-electron chi connectivity index (χ0n) is 9.87. The fraction of sp³-hybridized carbons (Fsp3) is 0.143. The third-order valence-corrected chi connectivity index (χ3v) is 3.89. The van der Waals surface area contributed by atoms with Crippen LogP contribution in [0.4, 0.5) is 0 Å². The van der Waals surface area contributed by atoms with Crippen LogP contribution in [-0.2, 0) is 0 Å². The van der Waals surface area contributed by atoms with Gasteiger partial charge in [-0.3, -0.25) is 4.98 Å². The minimum absolute atomic E-state index is 0.671. The number of hydrogen-bond donors (Lipinski definition) is 1. The van der Waals surface area contributed by atoms with Crippen LogP contribution in [-0.4, -0.2) is 15.1 Å². The Morgan fingerprint density at radius 3 is 2.94 bits per heavy atom. The maximum absolute atomic E-state index is 10.4. The number of hydrogen-bond acceptors (Lipinski definition) is 4. The highest BCUT2D eigenvalue weighted by Crippen LogP contribution is 2.29. The highest BCUT2D eigenvalue weighted by atomic mass is 32.1. The number of fused-ring (bicyclic) bond motifs is 1. The first-order valence-electron chi connectivity index (χ1n) is 5.68. The van der Waals surface area contributed by atoms with E-state index in [4.69, 9.17) is 0 Å². The van der Waals surface area contributed by atoms with Crippen molar-refractivity contribution in [3.8, 4) is 0 Å². The monoisotopic (exact) mass is 256 g/mol. The summed E-state index contributed by atoms with van der Waals surface area (Å²) in [5.41, 5.74) is 1.82. The van der Waals surface area contributed by atoms with Crippen LogP contribution < -0.4 is 0 Å². The molecule has 0 amide bonds. The lowest BCUT2D eigenvalue weighted by Gasteiger charge is -2.11. The van der Waals surface area contributed by atoms with E-state index in [1.807, 2.05) is 36.6 Å². The molecule has 0 saturated carbocycles. The topological polar surface area (TPSA) is 46.0 Å². The molecule has 18 heavy (non-hydrogen) atoms. The van der Waals surface area contributed by atoms with Gasteiger partial charge in [-0.25, -0.2) is 4.98 Å². The molecule has 1 aromatic carbocycles. The molecule has 0 saturated heterocycles. The Morgan fingerprint density at radius 1 is 1.28 bits per heavy atom. The quantitative estimate of drug-likeness (QED) is 0.766. The number of nitrogens with zero attached hydrogens (tertiary/aromatic N) is 2. The van der Waals surface area contributed by atoms with E-state index in [1.165, 1.54) is 11.3 Å². The summed E-state index contributed by atoms with van der Waals surface area (Å²) in [5, 5.41) is 15.2. The van der Waals surface area contributed by atoms with Crippen molar-refractivity contribution >= 4 is 22.1 Å². The molecule has 90 valence electrons. The van der Waals surface area contributed by atoms with E-state index in [1.54, 1.807) is 12.4 Å². The average Bonchev–Trinajstić information content (AvgIpc) is 2.84. The van der Waals surface area contributed by atoms with Gasteiger partial charge in [-0.15, -0.1) is 11.3 Å². The number of pyridine rings is 1. The highest BCUT2D eigenvalue weighted by molar-refractivity contribution is 7.09. The Labute approximate surface area is 109 Å². The molecule has 0 aliphatic rings. The van der Waals surface area contributed by atoms with Gasteiger partial charge in [-0.2, -0.15) is 0 Å². The summed E-state index contributed by atoms with van der Waals surface area (Å²) in [4.78, 5) is 8.44. The van der Waals surface area contributed by atoms with E-state index in [0.717, 1.165) is 27.0 Å². The molecule has 0 bridgehead atoms. The van der Waals surface area contributed by atoms with Crippen LogP contribution in [0.2, 0.25) is 0 Å². The van der Waals surface area contributed by atoms with Crippen molar-refractivity contribution in [3.05, 3.63) is 58.3 Å². The number of rotatable bonds is 2.